The number of benzene rings is 1. The average Bonchev–Trinajstić information content (AvgIpc) is 2.22. The van der Waals surface area contributed by atoms with Gasteiger partial charge in [-0.05, 0) is 31.7 Å². The van der Waals surface area contributed by atoms with Gasteiger partial charge in [0.05, 0.1) is 4.90 Å². The zero-order chi connectivity index (χ0) is 12.2. The van der Waals surface area contributed by atoms with Crippen LogP contribution in [0.1, 0.15) is 5.56 Å². The maximum Gasteiger partial charge on any atom is 0.240 e. The smallest absolute Gasteiger partial charge is 0.240 e. The molecule has 0 aliphatic heterocycles. The number of halogens is 2. The molecule has 1 aromatic carbocycles. The first-order valence-corrected chi connectivity index (χ1v) is 6.74. The highest BCUT2D eigenvalue weighted by atomic mass is 35.5. The fourth-order valence-electron chi connectivity index (χ4n) is 1.27. The lowest BCUT2D eigenvalue weighted by atomic mass is 10.2. The number of sulfonamides is 1. The quantitative estimate of drug-likeness (QED) is 0.811. The minimum absolute atomic E-state index is 0. The molecule has 0 saturated carbocycles. The zero-order valence-electron chi connectivity index (χ0n) is 9.66. The Morgan fingerprint density at radius 3 is 2.53 bits per heavy atom. The van der Waals surface area contributed by atoms with Crippen LogP contribution in [0.4, 0.5) is 0 Å². The van der Waals surface area contributed by atoms with Gasteiger partial charge in [-0.1, -0.05) is 17.7 Å². The molecule has 98 valence electrons. The molecule has 0 radical (unpaired) electrons. The van der Waals surface area contributed by atoms with Crippen LogP contribution in [0.3, 0.4) is 0 Å². The molecule has 0 atom stereocenters. The van der Waals surface area contributed by atoms with E-state index in [0.29, 0.717) is 23.7 Å². The van der Waals surface area contributed by atoms with Crippen LogP contribution >= 0.6 is 24.0 Å². The second-order valence-electron chi connectivity index (χ2n) is 3.36. The third-order valence-corrected chi connectivity index (χ3v) is 4.19. The Bertz CT molecular complexity index is 463. The third-order valence-electron chi connectivity index (χ3n) is 2.17. The minimum Gasteiger partial charge on any atom is -0.318 e. The summed E-state index contributed by atoms with van der Waals surface area (Å²) in [6.45, 7) is 2.62. The van der Waals surface area contributed by atoms with Crippen molar-refractivity contribution < 1.29 is 8.42 Å². The predicted molar refractivity (Wildman–Crippen MR) is 72.6 cm³/mol. The van der Waals surface area contributed by atoms with Crippen LogP contribution in [-0.2, 0) is 10.0 Å². The van der Waals surface area contributed by atoms with Gasteiger partial charge in [0.15, 0.2) is 0 Å². The van der Waals surface area contributed by atoms with Crippen molar-refractivity contribution in [1.82, 2.24) is 10.0 Å². The van der Waals surface area contributed by atoms with Gasteiger partial charge in [-0.15, -0.1) is 12.4 Å². The van der Waals surface area contributed by atoms with E-state index in [-0.39, 0.29) is 17.3 Å². The lowest BCUT2D eigenvalue weighted by molar-refractivity contribution is 0.579. The van der Waals surface area contributed by atoms with Gasteiger partial charge in [0.25, 0.3) is 0 Å². The highest BCUT2D eigenvalue weighted by Gasteiger charge is 2.16. The second kappa shape index (κ2) is 7.18. The predicted octanol–water partition coefficient (Wildman–Crippen LogP) is 1.57. The fraction of sp³-hybridized carbons (Fsp3) is 0.400. The SMILES string of the molecule is CNCCNS(=O)(=O)c1cccc(Cl)c1C.Cl. The molecule has 1 aromatic rings. The maximum atomic E-state index is 11.9. The normalized spacial score (nSPS) is 11.0. The van der Waals surface area contributed by atoms with Crippen LogP contribution in [-0.4, -0.2) is 28.6 Å². The minimum atomic E-state index is -3.46. The summed E-state index contributed by atoms with van der Waals surface area (Å²) in [7, 11) is -1.70. The highest BCUT2D eigenvalue weighted by Crippen LogP contribution is 2.22. The van der Waals surface area contributed by atoms with Crippen LogP contribution in [0.15, 0.2) is 23.1 Å². The molecule has 0 aromatic heterocycles. The van der Waals surface area contributed by atoms with E-state index in [1.165, 1.54) is 0 Å². The summed E-state index contributed by atoms with van der Waals surface area (Å²) in [5, 5.41) is 3.32. The lowest BCUT2D eigenvalue weighted by Crippen LogP contribution is -2.30. The van der Waals surface area contributed by atoms with E-state index in [1.807, 2.05) is 0 Å². The molecule has 0 spiro atoms. The van der Waals surface area contributed by atoms with Gasteiger partial charge in [0.2, 0.25) is 10.0 Å². The van der Waals surface area contributed by atoms with Gasteiger partial charge >= 0.3 is 0 Å². The van der Waals surface area contributed by atoms with Crippen molar-refractivity contribution in [2.75, 3.05) is 20.1 Å². The van der Waals surface area contributed by atoms with Crippen LogP contribution in [0.2, 0.25) is 5.02 Å². The first kappa shape index (κ1) is 16.7. The molecule has 0 aliphatic carbocycles. The number of hydrogen-bond donors (Lipinski definition) is 2. The molecule has 0 heterocycles. The van der Waals surface area contributed by atoms with Gasteiger partial charge in [0, 0.05) is 18.1 Å². The van der Waals surface area contributed by atoms with Crippen molar-refractivity contribution in [2.45, 2.75) is 11.8 Å². The Morgan fingerprint density at radius 1 is 1.29 bits per heavy atom. The standard InChI is InChI=1S/C10H15ClN2O2S.ClH/c1-8-9(11)4-3-5-10(8)16(14,15)13-7-6-12-2;/h3-5,12-13H,6-7H2,1-2H3;1H. The van der Waals surface area contributed by atoms with Crippen LogP contribution in [0, 0.1) is 6.92 Å². The van der Waals surface area contributed by atoms with Crippen molar-refractivity contribution >= 4 is 34.0 Å². The largest absolute Gasteiger partial charge is 0.318 e. The van der Waals surface area contributed by atoms with E-state index in [4.69, 9.17) is 11.6 Å². The Kier molecular flexibility index (Phi) is 7.04. The Hall–Kier alpha value is -0.330. The monoisotopic (exact) mass is 298 g/mol. The molecule has 0 unspecified atom stereocenters. The molecule has 0 bridgehead atoms. The molecule has 0 fully saturated rings. The van der Waals surface area contributed by atoms with E-state index in [2.05, 4.69) is 10.0 Å². The van der Waals surface area contributed by atoms with E-state index >= 15 is 0 Å². The van der Waals surface area contributed by atoms with Crippen molar-refractivity contribution in [1.29, 1.82) is 0 Å². The molecular formula is C10H16Cl2N2O2S. The molecule has 4 nitrogen and oxygen atoms in total. The third kappa shape index (κ3) is 4.44. The number of rotatable bonds is 5. The van der Waals surface area contributed by atoms with Crippen molar-refractivity contribution in [2.24, 2.45) is 0 Å². The van der Waals surface area contributed by atoms with Gasteiger partial charge < -0.3 is 5.32 Å². The zero-order valence-corrected chi connectivity index (χ0v) is 12.0. The molecule has 0 aliphatic rings. The summed E-state index contributed by atoms with van der Waals surface area (Å²) in [6.07, 6.45) is 0. The summed E-state index contributed by atoms with van der Waals surface area (Å²) in [5.41, 5.74) is 0.570. The van der Waals surface area contributed by atoms with Crippen LogP contribution in [0.25, 0.3) is 0 Å². The van der Waals surface area contributed by atoms with Crippen LogP contribution in [0.5, 0.6) is 0 Å². The molecule has 0 amide bonds. The Morgan fingerprint density at radius 2 is 1.94 bits per heavy atom. The van der Waals surface area contributed by atoms with Crippen LogP contribution < -0.4 is 10.0 Å². The second-order valence-corrected chi connectivity index (χ2v) is 5.51. The van der Waals surface area contributed by atoms with E-state index in [1.54, 1.807) is 32.2 Å². The summed E-state index contributed by atoms with van der Waals surface area (Å²) < 4.78 is 26.3. The van der Waals surface area contributed by atoms with Gasteiger partial charge in [-0.2, -0.15) is 0 Å². The summed E-state index contributed by atoms with van der Waals surface area (Å²) in [6, 6.07) is 4.84. The molecule has 7 heteroatoms. The Balaban J connectivity index is 0.00000256. The molecule has 17 heavy (non-hydrogen) atoms. The maximum absolute atomic E-state index is 11.9. The van der Waals surface area contributed by atoms with E-state index < -0.39 is 10.0 Å². The summed E-state index contributed by atoms with van der Waals surface area (Å²) in [5.74, 6) is 0. The van der Waals surface area contributed by atoms with Crippen molar-refractivity contribution in [3.8, 4) is 0 Å². The van der Waals surface area contributed by atoms with Gasteiger partial charge in [-0.25, -0.2) is 13.1 Å². The number of nitrogens with one attached hydrogen (secondary N) is 2. The topological polar surface area (TPSA) is 58.2 Å². The average molecular weight is 299 g/mol. The molecular weight excluding hydrogens is 283 g/mol. The van der Waals surface area contributed by atoms with Gasteiger partial charge in [0.1, 0.15) is 0 Å². The lowest BCUT2D eigenvalue weighted by Gasteiger charge is -2.09. The first-order valence-electron chi connectivity index (χ1n) is 4.88. The molecule has 1 rings (SSSR count). The number of likely N-dealkylation sites (N-methyl/N-ethyl adjacent to an activating group) is 1. The first-order chi connectivity index (χ1) is 7.49. The van der Waals surface area contributed by atoms with Gasteiger partial charge in [-0.3, -0.25) is 0 Å². The van der Waals surface area contributed by atoms with Crippen molar-refractivity contribution in [3.63, 3.8) is 0 Å². The summed E-state index contributed by atoms with van der Waals surface area (Å²) >= 11 is 5.88. The Labute approximate surface area is 113 Å². The van der Waals surface area contributed by atoms with E-state index in [9.17, 15) is 8.42 Å². The number of hydrogen-bond acceptors (Lipinski definition) is 3. The fourth-order valence-corrected chi connectivity index (χ4v) is 2.79. The van der Waals surface area contributed by atoms with Crippen molar-refractivity contribution in [3.05, 3.63) is 28.8 Å². The molecule has 2 N–H and O–H groups in total. The van der Waals surface area contributed by atoms with E-state index in [0.717, 1.165) is 0 Å². The molecule has 0 saturated heterocycles. The summed E-state index contributed by atoms with van der Waals surface area (Å²) in [4.78, 5) is 0.233. The highest BCUT2D eigenvalue weighted by molar-refractivity contribution is 7.89.